The van der Waals surface area contributed by atoms with E-state index in [4.69, 9.17) is 0 Å². The quantitative estimate of drug-likeness (QED) is 0.131. The molecule has 0 amide bonds. The molecule has 6 aromatic carbocycles. The number of sulfonamides is 1. The van der Waals surface area contributed by atoms with Crippen molar-refractivity contribution in [3.63, 3.8) is 0 Å². The van der Waals surface area contributed by atoms with Gasteiger partial charge in [-0.05, 0) is 69.6 Å². The van der Waals surface area contributed by atoms with Crippen LogP contribution in [-0.4, -0.2) is 25.3 Å². The van der Waals surface area contributed by atoms with Crippen molar-refractivity contribution in [3.05, 3.63) is 168 Å². The summed E-state index contributed by atoms with van der Waals surface area (Å²) in [6.07, 6.45) is 0.398. The number of nitrogens with one attached hydrogen (secondary N) is 1. The van der Waals surface area contributed by atoms with E-state index in [-0.39, 0.29) is 34.8 Å². The van der Waals surface area contributed by atoms with Crippen molar-refractivity contribution in [1.82, 2.24) is 0 Å². The first-order chi connectivity index (χ1) is 22.8. The van der Waals surface area contributed by atoms with Crippen molar-refractivity contribution < 1.29 is 23.1 Å². The first-order valence-electron chi connectivity index (χ1n) is 15.3. The number of fused-ring (bicyclic) bond motifs is 1. The normalized spacial score (nSPS) is 12.0. The van der Waals surface area contributed by atoms with Crippen LogP contribution in [0.4, 0.5) is 5.69 Å². The summed E-state index contributed by atoms with van der Waals surface area (Å²) >= 11 is 0. The number of Topliss-reactive ketones (excluding diaryl/α,β-unsaturated/α-hetero) is 1. The Morgan fingerprint density at radius 2 is 1.32 bits per heavy atom. The van der Waals surface area contributed by atoms with Crippen molar-refractivity contribution in [1.29, 1.82) is 0 Å². The lowest BCUT2D eigenvalue weighted by atomic mass is 9.92. The van der Waals surface area contributed by atoms with E-state index in [1.165, 1.54) is 6.07 Å². The average Bonchev–Trinajstić information content (AvgIpc) is 3.09. The zero-order valence-electron chi connectivity index (χ0n) is 25.5. The number of carboxylic acid groups (broad SMARTS) is 1. The lowest BCUT2D eigenvalue weighted by Gasteiger charge is -2.16. The first-order valence-corrected chi connectivity index (χ1v) is 16.8. The van der Waals surface area contributed by atoms with Crippen molar-refractivity contribution in [3.8, 4) is 11.1 Å². The fourth-order valence-electron chi connectivity index (χ4n) is 5.85. The number of hydrogen-bond donors (Lipinski definition) is 2. The van der Waals surface area contributed by atoms with Gasteiger partial charge in [-0.15, -0.1) is 0 Å². The standard InChI is InChI=1S/C40H33NO5S/c42-38(27-34(40(43)44)24-28-10-3-1-4-11-28)33-15-9-16-35(26-33)41-47(45,46)39-23-22-32-14-7-8-17-36(32)37(39)25-29-18-20-31(21-19-29)30-12-5-2-6-13-30/h1-23,26,34,41H,24-25,27H2,(H,43,44). The zero-order chi connectivity index (χ0) is 32.8. The van der Waals surface area contributed by atoms with Crippen LogP contribution < -0.4 is 4.72 Å². The van der Waals surface area contributed by atoms with Gasteiger partial charge >= 0.3 is 5.97 Å². The molecule has 0 fully saturated rings. The summed E-state index contributed by atoms with van der Waals surface area (Å²) in [5.41, 5.74) is 5.10. The highest BCUT2D eigenvalue weighted by Gasteiger charge is 2.24. The number of carboxylic acids is 1. The fourth-order valence-corrected chi connectivity index (χ4v) is 7.15. The van der Waals surface area contributed by atoms with Gasteiger partial charge in [0.15, 0.2) is 5.78 Å². The molecule has 0 saturated carbocycles. The average molecular weight is 640 g/mol. The van der Waals surface area contributed by atoms with Gasteiger partial charge in [0, 0.05) is 17.7 Å². The smallest absolute Gasteiger partial charge is 0.307 e. The fraction of sp³-hybridized carbons (Fsp3) is 0.100. The Hall–Kier alpha value is -5.53. The Bertz CT molecular complexity index is 2150. The molecule has 6 aromatic rings. The van der Waals surface area contributed by atoms with Crippen LogP contribution in [0.25, 0.3) is 21.9 Å². The van der Waals surface area contributed by atoms with Crippen LogP contribution >= 0.6 is 0 Å². The Morgan fingerprint density at radius 1 is 0.660 bits per heavy atom. The molecule has 47 heavy (non-hydrogen) atoms. The van der Waals surface area contributed by atoms with Crippen molar-refractivity contribution >= 4 is 38.2 Å². The third kappa shape index (κ3) is 7.48. The molecule has 0 aliphatic carbocycles. The minimum Gasteiger partial charge on any atom is -0.481 e. The maximum absolute atomic E-state index is 14.0. The molecule has 7 heteroatoms. The minimum absolute atomic E-state index is 0.147. The number of aliphatic carboxylic acids is 1. The van der Waals surface area contributed by atoms with E-state index in [1.807, 2.05) is 109 Å². The van der Waals surface area contributed by atoms with Crippen molar-refractivity contribution in [2.24, 2.45) is 5.92 Å². The van der Waals surface area contributed by atoms with Gasteiger partial charge in [-0.2, -0.15) is 0 Å². The number of carbonyl (C=O) groups is 2. The summed E-state index contributed by atoms with van der Waals surface area (Å²) in [7, 11) is -4.08. The predicted molar refractivity (Wildman–Crippen MR) is 186 cm³/mol. The number of ketones is 1. The maximum atomic E-state index is 14.0. The van der Waals surface area contributed by atoms with Crippen LogP contribution in [0.3, 0.4) is 0 Å². The number of anilines is 1. The second-order valence-electron chi connectivity index (χ2n) is 11.5. The van der Waals surface area contributed by atoms with Crippen LogP contribution in [0.5, 0.6) is 0 Å². The maximum Gasteiger partial charge on any atom is 0.307 e. The first kappa shape index (κ1) is 31.5. The van der Waals surface area contributed by atoms with Crippen LogP contribution in [-0.2, 0) is 27.7 Å². The lowest BCUT2D eigenvalue weighted by Crippen LogP contribution is -2.21. The van der Waals surface area contributed by atoms with Crippen LogP contribution in [0.2, 0.25) is 0 Å². The van der Waals surface area contributed by atoms with E-state index in [1.54, 1.807) is 30.3 Å². The predicted octanol–water partition coefficient (Wildman–Crippen LogP) is 8.41. The van der Waals surface area contributed by atoms with E-state index < -0.39 is 21.9 Å². The Morgan fingerprint density at radius 3 is 2.04 bits per heavy atom. The number of benzene rings is 6. The van der Waals surface area contributed by atoms with E-state index in [0.29, 0.717) is 12.0 Å². The Balaban J connectivity index is 1.26. The van der Waals surface area contributed by atoms with Gasteiger partial charge in [0.25, 0.3) is 10.0 Å². The van der Waals surface area contributed by atoms with E-state index in [0.717, 1.165) is 33.0 Å². The molecule has 1 atom stereocenters. The summed E-state index contributed by atoms with van der Waals surface area (Å²) in [5.74, 6) is -2.34. The third-order valence-electron chi connectivity index (χ3n) is 8.27. The largest absolute Gasteiger partial charge is 0.481 e. The van der Waals surface area contributed by atoms with E-state index >= 15 is 0 Å². The molecule has 0 bridgehead atoms. The van der Waals surface area contributed by atoms with Crippen molar-refractivity contribution in [2.45, 2.75) is 24.2 Å². The topological polar surface area (TPSA) is 101 Å². The third-order valence-corrected chi connectivity index (χ3v) is 9.74. The molecule has 0 aliphatic heterocycles. The molecule has 0 heterocycles. The summed E-state index contributed by atoms with van der Waals surface area (Å²) in [6, 6.07) is 44.7. The minimum atomic E-state index is -4.08. The zero-order valence-corrected chi connectivity index (χ0v) is 26.4. The summed E-state index contributed by atoms with van der Waals surface area (Å²) in [4.78, 5) is 25.3. The number of carbonyl (C=O) groups excluding carboxylic acids is 1. The number of rotatable bonds is 12. The second kappa shape index (κ2) is 13.8. The summed E-state index contributed by atoms with van der Waals surface area (Å²) < 4.78 is 30.6. The van der Waals surface area contributed by atoms with Gasteiger partial charge in [-0.3, -0.25) is 14.3 Å². The van der Waals surface area contributed by atoms with Gasteiger partial charge in [-0.25, -0.2) is 8.42 Å². The summed E-state index contributed by atoms with van der Waals surface area (Å²) in [6.45, 7) is 0. The van der Waals surface area contributed by atoms with Crippen LogP contribution in [0.15, 0.2) is 150 Å². The molecule has 0 radical (unpaired) electrons. The molecule has 1 unspecified atom stereocenters. The molecule has 0 aromatic heterocycles. The molecule has 6 rings (SSSR count). The summed E-state index contributed by atoms with van der Waals surface area (Å²) in [5, 5.41) is 11.6. The lowest BCUT2D eigenvalue weighted by molar-refractivity contribution is -0.141. The highest BCUT2D eigenvalue weighted by molar-refractivity contribution is 7.92. The molecule has 0 saturated heterocycles. The van der Waals surface area contributed by atoms with Crippen LogP contribution in [0, 0.1) is 5.92 Å². The van der Waals surface area contributed by atoms with Gasteiger partial charge in [0.2, 0.25) is 0 Å². The number of hydrogen-bond acceptors (Lipinski definition) is 4. The van der Waals surface area contributed by atoms with Gasteiger partial charge < -0.3 is 5.11 Å². The molecule has 2 N–H and O–H groups in total. The van der Waals surface area contributed by atoms with Crippen LogP contribution in [0.1, 0.15) is 33.5 Å². The molecular weight excluding hydrogens is 607 g/mol. The van der Waals surface area contributed by atoms with Gasteiger partial charge in [0.05, 0.1) is 10.8 Å². The SMILES string of the molecule is O=C(CC(Cc1ccccc1)C(=O)O)c1cccc(NS(=O)(=O)c2ccc3ccccc3c2Cc2ccc(-c3ccccc3)cc2)c1. The molecule has 234 valence electrons. The molecular formula is C40H33NO5S. The van der Waals surface area contributed by atoms with Gasteiger partial charge in [-0.1, -0.05) is 127 Å². The van der Waals surface area contributed by atoms with E-state index in [2.05, 4.69) is 4.72 Å². The molecule has 0 aliphatic rings. The molecule has 0 spiro atoms. The second-order valence-corrected chi connectivity index (χ2v) is 13.2. The Labute approximate surface area is 274 Å². The van der Waals surface area contributed by atoms with E-state index in [9.17, 15) is 23.1 Å². The Kier molecular flexibility index (Phi) is 9.27. The molecule has 6 nitrogen and oxygen atoms in total. The highest BCUT2D eigenvalue weighted by Crippen LogP contribution is 2.31. The monoisotopic (exact) mass is 639 g/mol. The van der Waals surface area contributed by atoms with Gasteiger partial charge in [0.1, 0.15) is 0 Å². The highest BCUT2D eigenvalue weighted by atomic mass is 32.2. The van der Waals surface area contributed by atoms with Crippen molar-refractivity contribution in [2.75, 3.05) is 4.72 Å².